The monoisotopic (exact) mass is 272 g/mol. The van der Waals surface area contributed by atoms with E-state index in [-0.39, 0.29) is 11.0 Å². The van der Waals surface area contributed by atoms with Gasteiger partial charge in [-0.15, -0.1) is 0 Å². The third-order valence-electron chi connectivity index (χ3n) is 5.02. The third kappa shape index (κ3) is 3.30. The summed E-state index contributed by atoms with van der Waals surface area (Å²) >= 11 is 0. The van der Waals surface area contributed by atoms with Crippen LogP contribution in [0.2, 0.25) is 0 Å². The fraction of sp³-hybridized carbons (Fsp3) is 1.00. The predicted octanol–water partition coefficient (Wildman–Crippen LogP) is 1.88. The van der Waals surface area contributed by atoms with E-state index in [1.54, 1.807) is 14.2 Å². The predicted molar refractivity (Wildman–Crippen MR) is 79.3 cm³/mol. The van der Waals surface area contributed by atoms with Crippen LogP contribution in [0, 0.1) is 5.41 Å². The number of rotatable bonds is 8. The summed E-state index contributed by atoms with van der Waals surface area (Å²) in [5.74, 6) is 0. The van der Waals surface area contributed by atoms with Gasteiger partial charge in [-0.3, -0.25) is 4.90 Å². The number of hydrogen-bond donors (Lipinski definition) is 1. The summed E-state index contributed by atoms with van der Waals surface area (Å²) in [5.41, 5.74) is 6.55. The molecule has 0 aromatic rings. The lowest BCUT2D eigenvalue weighted by atomic mass is 9.73. The first-order chi connectivity index (χ1) is 8.95. The van der Waals surface area contributed by atoms with Crippen LogP contribution >= 0.6 is 0 Å². The average molecular weight is 272 g/mol. The first-order valence-electron chi connectivity index (χ1n) is 7.40. The number of hydrogen-bond acceptors (Lipinski definition) is 4. The fourth-order valence-electron chi connectivity index (χ4n) is 3.80. The topological polar surface area (TPSA) is 47.7 Å². The van der Waals surface area contributed by atoms with Gasteiger partial charge in [0.1, 0.15) is 0 Å². The number of nitrogens with zero attached hydrogens (tertiary/aromatic N) is 1. The van der Waals surface area contributed by atoms with E-state index < -0.39 is 0 Å². The van der Waals surface area contributed by atoms with Crippen molar-refractivity contribution >= 4 is 0 Å². The van der Waals surface area contributed by atoms with E-state index in [4.69, 9.17) is 15.2 Å². The average Bonchev–Trinajstić information content (AvgIpc) is 2.66. The first kappa shape index (κ1) is 16.9. The van der Waals surface area contributed by atoms with Crippen LogP contribution in [0.1, 0.15) is 40.0 Å². The number of methoxy groups -OCH3 is 2. The normalized spacial score (nSPS) is 27.9. The van der Waals surface area contributed by atoms with Gasteiger partial charge in [0.15, 0.2) is 0 Å². The van der Waals surface area contributed by atoms with Crippen LogP contribution in [0.25, 0.3) is 0 Å². The van der Waals surface area contributed by atoms with Gasteiger partial charge in [0.05, 0.1) is 13.2 Å². The zero-order valence-corrected chi connectivity index (χ0v) is 13.4. The van der Waals surface area contributed by atoms with E-state index in [1.807, 2.05) is 0 Å². The summed E-state index contributed by atoms with van der Waals surface area (Å²) in [6, 6.07) is 0.362. The Morgan fingerprint density at radius 1 is 1.21 bits per heavy atom. The second-order valence-corrected chi connectivity index (χ2v) is 6.46. The van der Waals surface area contributed by atoms with Gasteiger partial charge in [0.2, 0.25) is 0 Å². The summed E-state index contributed by atoms with van der Waals surface area (Å²) in [6.07, 6.45) is 3.68. The Kier molecular flexibility index (Phi) is 6.24. The Bertz CT molecular complexity index is 271. The number of nitrogens with two attached hydrogens (primary N) is 1. The third-order valence-corrected chi connectivity index (χ3v) is 5.02. The van der Waals surface area contributed by atoms with Crippen LogP contribution in [0.5, 0.6) is 0 Å². The van der Waals surface area contributed by atoms with E-state index in [2.05, 4.69) is 25.7 Å². The highest BCUT2D eigenvalue weighted by Crippen LogP contribution is 2.49. The molecule has 4 heteroatoms. The zero-order valence-electron chi connectivity index (χ0n) is 13.4. The van der Waals surface area contributed by atoms with Gasteiger partial charge >= 0.3 is 0 Å². The van der Waals surface area contributed by atoms with E-state index in [0.717, 1.165) is 19.8 Å². The standard InChI is InChI=1S/C15H32N2O2/c1-13(11-19-5)17(9-10-18-4)15(12-16)8-6-7-14(15,2)3/h13H,6-12,16H2,1-5H3. The van der Waals surface area contributed by atoms with Gasteiger partial charge in [0, 0.05) is 38.9 Å². The zero-order chi connectivity index (χ0) is 14.5. The maximum Gasteiger partial charge on any atom is 0.0615 e. The molecule has 1 saturated carbocycles. The summed E-state index contributed by atoms with van der Waals surface area (Å²) in [6.45, 7) is 10.0. The molecule has 0 radical (unpaired) electrons. The maximum atomic E-state index is 6.23. The Hall–Kier alpha value is -0.160. The molecule has 114 valence electrons. The van der Waals surface area contributed by atoms with Gasteiger partial charge in [0.25, 0.3) is 0 Å². The van der Waals surface area contributed by atoms with Gasteiger partial charge < -0.3 is 15.2 Å². The van der Waals surface area contributed by atoms with Crippen LogP contribution < -0.4 is 5.73 Å². The SMILES string of the molecule is COCCN(C(C)COC)C1(CN)CCCC1(C)C. The molecule has 2 N–H and O–H groups in total. The van der Waals surface area contributed by atoms with E-state index in [1.165, 1.54) is 19.3 Å². The lowest BCUT2D eigenvalue weighted by molar-refractivity contribution is -0.0461. The molecule has 0 aromatic heterocycles. The smallest absolute Gasteiger partial charge is 0.0615 e. The molecule has 1 aliphatic carbocycles. The van der Waals surface area contributed by atoms with Crippen LogP contribution in [0.4, 0.5) is 0 Å². The summed E-state index contributed by atoms with van der Waals surface area (Å²) < 4.78 is 10.7. The van der Waals surface area contributed by atoms with Crippen LogP contribution in [-0.4, -0.2) is 57.0 Å². The summed E-state index contributed by atoms with van der Waals surface area (Å²) in [7, 11) is 3.52. The first-order valence-corrected chi connectivity index (χ1v) is 7.40. The molecule has 19 heavy (non-hydrogen) atoms. The molecule has 0 saturated heterocycles. The molecule has 1 fully saturated rings. The quantitative estimate of drug-likeness (QED) is 0.733. The highest BCUT2D eigenvalue weighted by Gasteiger charge is 2.52. The molecule has 1 aliphatic rings. The van der Waals surface area contributed by atoms with Crippen molar-refractivity contribution in [2.45, 2.75) is 51.6 Å². The van der Waals surface area contributed by atoms with Crippen molar-refractivity contribution in [3.63, 3.8) is 0 Å². The highest BCUT2D eigenvalue weighted by atomic mass is 16.5. The molecule has 0 amide bonds. The van der Waals surface area contributed by atoms with Crippen molar-refractivity contribution in [2.75, 3.05) is 40.5 Å². The molecule has 0 aliphatic heterocycles. The maximum absolute atomic E-state index is 6.23. The molecule has 0 heterocycles. The second-order valence-electron chi connectivity index (χ2n) is 6.46. The molecular weight excluding hydrogens is 240 g/mol. The second kappa shape index (κ2) is 7.02. The van der Waals surface area contributed by atoms with Crippen LogP contribution in [-0.2, 0) is 9.47 Å². The molecule has 2 unspecified atom stereocenters. The minimum Gasteiger partial charge on any atom is -0.383 e. The van der Waals surface area contributed by atoms with Crippen molar-refractivity contribution in [3.8, 4) is 0 Å². The van der Waals surface area contributed by atoms with Gasteiger partial charge in [-0.05, 0) is 25.2 Å². The van der Waals surface area contributed by atoms with E-state index in [0.29, 0.717) is 12.6 Å². The minimum atomic E-state index is 0.0729. The molecule has 0 spiro atoms. The molecule has 1 rings (SSSR count). The van der Waals surface area contributed by atoms with E-state index >= 15 is 0 Å². The summed E-state index contributed by atoms with van der Waals surface area (Å²) in [4.78, 5) is 2.53. The van der Waals surface area contributed by atoms with Gasteiger partial charge in [-0.2, -0.15) is 0 Å². The Labute approximate surface area is 118 Å². The molecule has 4 nitrogen and oxygen atoms in total. The lowest BCUT2D eigenvalue weighted by Gasteiger charge is -2.52. The van der Waals surface area contributed by atoms with Gasteiger partial charge in [-0.1, -0.05) is 20.3 Å². The van der Waals surface area contributed by atoms with Crippen molar-refractivity contribution in [3.05, 3.63) is 0 Å². The largest absolute Gasteiger partial charge is 0.383 e. The Morgan fingerprint density at radius 2 is 1.89 bits per heavy atom. The van der Waals surface area contributed by atoms with Crippen molar-refractivity contribution in [1.82, 2.24) is 4.90 Å². The number of ether oxygens (including phenoxy) is 2. The fourth-order valence-corrected chi connectivity index (χ4v) is 3.80. The van der Waals surface area contributed by atoms with Crippen molar-refractivity contribution < 1.29 is 9.47 Å². The Morgan fingerprint density at radius 3 is 2.32 bits per heavy atom. The summed E-state index contributed by atoms with van der Waals surface area (Å²) in [5, 5.41) is 0. The molecular formula is C15H32N2O2. The van der Waals surface area contributed by atoms with E-state index in [9.17, 15) is 0 Å². The minimum absolute atomic E-state index is 0.0729. The van der Waals surface area contributed by atoms with Crippen LogP contribution in [0.3, 0.4) is 0 Å². The van der Waals surface area contributed by atoms with Gasteiger partial charge in [-0.25, -0.2) is 0 Å². The van der Waals surface area contributed by atoms with Crippen molar-refractivity contribution in [1.29, 1.82) is 0 Å². The van der Waals surface area contributed by atoms with Crippen molar-refractivity contribution in [2.24, 2.45) is 11.1 Å². The lowest BCUT2D eigenvalue weighted by Crippen LogP contribution is -2.63. The highest BCUT2D eigenvalue weighted by molar-refractivity contribution is 5.08. The molecule has 2 atom stereocenters. The van der Waals surface area contributed by atoms with Crippen LogP contribution in [0.15, 0.2) is 0 Å². The molecule has 0 aromatic carbocycles. The Balaban J connectivity index is 2.98. The molecule has 0 bridgehead atoms.